The summed E-state index contributed by atoms with van der Waals surface area (Å²) >= 11 is 0. The molecule has 2 heterocycles. The molecule has 4 rings (SSSR count). The van der Waals surface area contributed by atoms with E-state index < -0.39 is 4.92 Å². The molecule has 196 valence electrons. The highest BCUT2D eigenvalue weighted by molar-refractivity contribution is 5.93. The number of para-hydroxylation sites is 1. The molecule has 0 N–H and O–H groups in total. The zero-order valence-corrected chi connectivity index (χ0v) is 22.1. The number of benzene rings is 2. The molecule has 0 aromatic heterocycles. The average Bonchev–Trinajstić information content (AvgIpc) is 2.86. The van der Waals surface area contributed by atoms with E-state index in [1.807, 2.05) is 4.90 Å². The molecule has 2 aromatic carbocycles. The Labute approximate surface area is 218 Å². The van der Waals surface area contributed by atoms with Crippen LogP contribution in [0.2, 0.25) is 0 Å². The summed E-state index contributed by atoms with van der Waals surface area (Å²) in [6, 6.07) is 15.0. The van der Waals surface area contributed by atoms with Crippen LogP contribution in [0.3, 0.4) is 0 Å². The first-order valence-corrected chi connectivity index (χ1v) is 12.9. The summed E-state index contributed by atoms with van der Waals surface area (Å²) in [6.45, 7) is 11.4. The van der Waals surface area contributed by atoms with Crippen LogP contribution in [0, 0.1) is 28.4 Å². The number of amides is 2. The number of carbonyl (C=O) groups is 2. The van der Waals surface area contributed by atoms with E-state index in [2.05, 4.69) is 56.9 Å². The van der Waals surface area contributed by atoms with Crippen LogP contribution in [0.15, 0.2) is 54.6 Å². The van der Waals surface area contributed by atoms with Gasteiger partial charge < -0.3 is 14.7 Å². The largest absolute Gasteiger partial charge is 0.365 e. The number of anilines is 1. The highest BCUT2D eigenvalue weighted by Gasteiger charge is 2.43. The molecule has 8 heteroatoms. The van der Waals surface area contributed by atoms with E-state index in [-0.39, 0.29) is 34.9 Å². The maximum absolute atomic E-state index is 13.8. The first-order chi connectivity index (χ1) is 17.6. The van der Waals surface area contributed by atoms with E-state index in [9.17, 15) is 19.7 Å². The predicted octanol–water partition coefficient (Wildman–Crippen LogP) is 4.53. The number of piperazine rings is 1. The smallest absolute Gasteiger partial charge is 0.276 e. The normalized spacial score (nSPS) is 21.8. The van der Waals surface area contributed by atoms with Crippen molar-refractivity contribution >= 4 is 29.3 Å². The van der Waals surface area contributed by atoms with Gasteiger partial charge in [0.15, 0.2) is 0 Å². The van der Waals surface area contributed by atoms with Crippen LogP contribution >= 0.6 is 0 Å². The van der Waals surface area contributed by atoms with Gasteiger partial charge in [-0.1, -0.05) is 38.1 Å². The summed E-state index contributed by atoms with van der Waals surface area (Å²) in [6.07, 6.45) is 3.58. The fourth-order valence-electron chi connectivity index (χ4n) is 5.40. The molecule has 2 saturated heterocycles. The molecule has 0 bridgehead atoms. The maximum atomic E-state index is 13.8. The van der Waals surface area contributed by atoms with Gasteiger partial charge in [-0.2, -0.15) is 0 Å². The predicted molar refractivity (Wildman–Crippen MR) is 145 cm³/mol. The first kappa shape index (κ1) is 26.4. The van der Waals surface area contributed by atoms with Crippen LogP contribution in [-0.2, 0) is 9.59 Å². The van der Waals surface area contributed by atoms with Gasteiger partial charge in [-0.25, -0.2) is 0 Å². The van der Waals surface area contributed by atoms with Crippen molar-refractivity contribution in [3.8, 4) is 0 Å². The number of likely N-dealkylation sites (tertiary alicyclic amines) is 1. The van der Waals surface area contributed by atoms with Crippen molar-refractivity contribution < 1.29 is 14.5 Å². The maximum Gasteiger partial charge on any atom is 0.276 e. The summed E-state index contributed by atoms with van der Waals surface area (Å²) in [4.78, 5) is 43.6. The van der Waals surface area contributed by atoms with Crippen molar-refractivity contribution in [2.75, 3.05) is 37.6 Å². The number of piperidine rings is 1. The lowest BCUT2D eigenvalue weighted by Crippen LogP contribution is -2.59. The highest BCUT2D eigenvalue weighted by Crippen LogP contribution is 2.37. The Bertz CT molecular complexity index is 1210. The van der Waals surface area contributed by atoms with Crippen LogP contribution in [0.5, 0.6) is 0 Å². The SMILES string of the molecule is Cc1cccc(N2CCN(C(=O)C3CN(C(=O)/C=C/c4ccccc4[N+](=O)[O-])CCC3(C)C)CC2C)c1. The third-order valence-electron chi connectivity index (χ3n) is 7.79. The van der Waals surface area contributed by atoms with Gasteiger partial charge in [0, 0.05) is 56.6 Å². The van der Waals surface area contributed by atoms with E-state index in [0.29, 0.717) is 38.2 Å². The van der Waals surface area contributed by atoms with Crippen molar-refractivity contribution in [2.24, 2.45) is 11.3 Å². The summed E-state index contributed by atoms with van der Waals surface area (Å²) < 4.78 is 0. The fraction of sp³-hybridized carbons (Fsp3) is 0.448. The number of nitro benzene ring substituents is 1. The minimum atomic E-state index is -0.456. The molecule has 0 aliphatic carbocycles. The average molecular weight is 505 g/mol. The number of nitrogens with zero attached hydrogens (tertiary/aromatic N) is 4. The highest BCUT2D eigenvalue weighted by atomic mass is 16.6. The van der Waals surface area contributed by atoms with E-state index in [1.165, 1.54) is 29.5 Å². The van der Waals surface area contributed by atoms with Crippen LogP contribution in [0.25, 0.3) is 6.08 Å². The summed E-state index contributed by atoms with van der Waals surface area (Å²) in [5, 5.41) is 11.3. The van der Waals surface area contributed by atoms with E-state index >= 15 is 0 Å². The van der Waals surface area contributed by atoms with Gasteiger partial charge in [-0.05, 0) is 55.5 Å². The molecule has 2 atom stereocenters. The summed E-state index contributed by atoms with van der Waals surface area (Å²) in [7, 11) is 0. The van der Waals surface area contributed by atoms with Gasteiger partial charge >= 0.3 is 0 Å². The second kappa shape index (κ2) is 10.7. The number of hydrogen-bond donors (Lipinski definition) is 0. The van der Waals surface area contributed by atoms with Gasteiger partial charge in [-0.3, -0.25) is 19.7 Å². The minimum Gasteiger partial charge on any atom is -0.365 e. The van der Waals surface area contributed by atoms with E-state index in [4.69, 9.17) is 0 Å². The van der Waals surface area contributed by atoms with Crippen molar-refractivity contribution in [3.05, 3.63) is 75.8 Å². The monoisotopic (exact) mass is 504 g/mol. The number of nitro groups is 1. The topological polar surface area (TPSA) is 87.0 Å². The van der Waals surface area contributed by atoms with E-state index in [1.54, 1.807) is 23.1 Å². The molecule has 2 aromatic rings. The lowest BCUT2D eigenvalue weighted by molar-refractivity contribution is -0.385. The third kappa shape index (κ3) is 5.84. The quantitative estimate of drug-likeness (QED) is 0.339. The minimum absolute atomic E-state index is 0.0432. The number of hydrogen-bond acceptors (Lipinski definition) is 5. The van der Waals surface area contributed by atoms with Crippen LogP contribution in [-0.4, -0.2) is 65.3 Å². The summed E-state index contributed by atoms with van der Waals surface area (Å²) in [5.74, 6) is -0.438. The summed E-state index contributed by atoms with van der Waals surface area (Å²) in [5.41, 5.74) is 2.50. The molecule has 2 aliphatic rings. The Hall–Kier alpha value is -3.68. The molecular formula is C29H36N4O4. The Morgan fingerprint density at radius 1 is 1.03 bits per heavy atom. The fourth-order valence-corrected chi connectivity index (χ4v) is 5.40. The van der Waals surface area contributed by atoms with Gasteiger partial charge in [0.2, 0.25) is 11.8 Å². The Morgan fingerprint density at radius 2 is 1.78 bits per heavy atom. The second-order valence-corrected chi connectivity index (χ2v) is 10.9. The lowest BCUT2D eigenvalue weighted by Gasteiger charge is -2.47. The molecule has 2 fully saturated rings. The first-order valence-electron chi connectivity index (χ1n) is 12.9. The Kier molecular flexibility index (Phi) is 7.66. The standard InChI is InChI=1S/C29H36N4O4/c1-21-8-7-10-24(18-21)32-17-16-31(19-22(32)2)28(35)25-20-30(15-14-29(25,3)4)27(34)13-12-23-9-5-6-11-26(23)33(36)37/h5-13,18,22,25H,14-17,19-20H2,1-4H3/b13-12+. The zero-order valence-electron chi connectivity index (χ0n) is 22.1. The molecule has 0 radical (unpaired) electrons. The number of carbonyl (C=O) groups excluding carboxylic acids is 2. The van der Waals surface area contributed by atoms with Crippen LogP contribution in [0.1, 0.15) is 38.3 Å². The number of rotatable bonds is 5. The van der Waals surface area contributed by atoms with Crippen LogP contribution < -0.4 is 4.90 Å². The van der Waals surface area contributed by atoms with Crippen molar-refractivity contribution in [3.63, 3.8) is 0 Å². The van der Waals surface area contributed by atoms with Crippen molar-refractivity contribution in [2.45, 2.75) is 40.2 Å². The third-order valence-corrected chi connectivity index (χ3v) is 7.79. The molecule has 0 spiro atoms. The van der Waals surface area contributed by atoms with Gasteiger partial charge in [-0.15, -0.1) is 0 Å². The Balaban J connectivity index is 1.43. The van der Waals surface area contributed by atoms with Gasteiger partial charge in [0.25, 0.3) is 5.69 Å². The lowest BCUT2D eigenvalue weighted by atomic mass is 9.72. The van der Waals surface area contributed by atoms with Crippen molar-refractivity contribution in [1.29, 1.82) is 0 Å². The molecule has 37 heavy (non-hydrogen) atoms. The molecule has 0 saturated carbocycles. The zero-order chi connectivity index (χ0) is 26.7. The molecule has 2 unspecified atom stereocenters. The molecule has 2 amide bonds. The second-order valence-electron chi connectivity index (χ2n) is 10.9. The number of aryl methyl sites for hydroxylation is 1. The van der Waals surface area contributed by atoms with Gasteiger partial charge in [0.1, 0.15) is 0 Å². The molecule has 2 aliphatic heterocycles. The van der Waals surface area contributed by atoms with Crippen molar-refractivity contribution in [1.82, 2.24) is 9.80 Å². The molecule has 8 nitrogen and oxygen atoms in total. The Morgan fingerprint density at radius 3 is 2.49 bits per heavy atom. The molecular weight excluding hydrogens is 468 g/mol. The van der Waals surface area contributed by atoms with E-state index in [0.717, 1.165) is 6.54 Å². The van der Waals surface area contributed by atoms with Crippen LogP contribution in [0.4, 0.5) is 11.4 Å². The van der Waals surface area contributed by atoms with Gasteiger partial charge in [0.05, 0.1) is 16.4 Å².